The number of methoxy groups -OCH3 is 1. The molecule has 6 heteroatoms. The number of hydrogen-bond donors (Lipinski definition) is 1. The smallest absolute Gasteiger partial charge is 0.251 e. The van der Waals surface area contributed by atoms with E-state index in [-0.39, 0.29) is 11.8 Å². The van der Waals surface area contributed by atoms with Gasteiger partial charge in [0, 0.05) is 12.6 Å². The largest absolute Gasteiger partial charge is 0.493 e. The van der Waals surface area contributed by atoms with Crippen molar-refractivity contribution in [3.63, 3.8) is 0 Å². The number of hydrogen-bond acceptors (Lipinski definition) is 4. The molecule has 2 aromatic rings. The molecule has 1 unspecified atom stereocenters. The van der Waals surface area contributed by atoms with E-state index >= 15 is 0 Å². The minimum atomic E-state index is -0.626. The van der Waals surface area contributed by atoms with E-state index in [4.69, 9.17) is 9.47 Å². The molecule has 0 bridgehead atoms. The molecule has 0 aliphatic carbocycles. The fourth-order valence-corrected chi connectivity index (χ4v) is 2.40. The van der Waals surface area contributed by atoms with Crippen LogP contribution in [-0.2, 0) is 4.79 Å². The molecule has 0 fully saturated rings. The Kier molecular flexibility index (Phi) is 7.02. The molecular formula is C20H24N2O4. The molecule has 0 saturated heterocycles. The summed E-state index contributed by atoms with van der Waals surface area (Å²) in [6.07, 6.45) is 0. The summed E-state index contributed by atoms with van der Waals surface area (Å²) in [5.74, 6) is 0.814. The first-order chi connectivity index (χ1) is 12.5. The van der Waals surface area contributed by atoms with Crippen molar-refractivity contribution in [3.05, 3.63) is 60.2 Å². The first-order valence-electron chi connectivity index (χ1n) is 8.39. The third-order valence-electron chi connectivity index (χ3n) is 3.88. The van der Waals surface area contributed by atoms with E-state index in [0.717, 1.165) is 0 Å². The lowest BCUT2D eigenvalue weighted by Crippen LogP contribution is -2.46. The van der Waals surface area contributed by atoms with Crippen LogP contribution in [0, 0.1) is 0 Å². The van der Waals surface area contributed by atoms with Crippen LogP contribution < -0.4 is 14.8 Å². The number of para-hydroxylation sites is 2. The Bertz CT molecular complexity index is 734. The SMILES string of the molecule is COc1ccccc1OCCN(C)C(=O)C(C)NC(=O)c1ccccc1. The maximum atomic E-state index is 12.4. The average molecular weight is 356 g/mol. The van der Waals surface area contributed by atoms with Crippen LogP contribution >= 0.6 is 0 Å². The third-order valence-corrected chi connectivity index (χ3v) is 3.88. The van der Waals surface area contributed by atoms with Gasteiger partial charge >= 0.3 is 0 Å². The predicted molar refractivity (Wildman–Crippen MR) is 99.5 cm³/mol. The second-order valence-electron chi connectivity index (χ2n) is 5.82. The maximum absolute atomic E-state index is 12.4. The summed E-state index contributed by atoms with van der Waals surface area (Å²) < 4.78 is 10.9. The van der Waals surface area contributed by atoms with Gasteiger partial charge in [-0.15, -0.1) is 0 Å². The minimum absolute atomic E-state index is 0.182. The number of carbonyl (C=O) groups is 2. The van der Waals surface area contributed by atoms with Gasteiger partial charge in [0.15, 0.2) is 11.5 Å². The van der Waals surface area contributed by atoms with Gasteiger partial charge in [0.05, 0.1) is 13.7 Å². The molecule has 0 radical (unpaired) electrons. The first kappa shape index (κ1) is 19.3. The lowest BCUT2D eigenvalue weighted by atomic mass is 10.2. The summed E-state index contributed by atoms with van der Waals surface area (Å²) >= 11 is 0. The Morgan fingerprint density at radius 1 is 1.04 bits per heavy atom. The predicted octanol–water partition coefficient (Wildman–Crippen LogP) is 2.35. The van der Waals surface area contributed by atoms with Crippen LogP contribution in [0.15, 0.2) is 54.6 Å². The highest BCUT2D eigenvalue weighted by atomic mass is 16.5. The fourth-order valence-electron chi connectivity index (χ4n) is 2.40. The zero-order valence-corrected chi connectivity index (χ0v) is 15.3. The van der Waals surface area contributed by atoms with E-state index in [2.05, 4.69) is 5.32 Å². The highest BCUT2D eigenvalue weighted by molar-refractivity contribution is 5.97. The Balaban J connectivity index is 1.82. The molecule has 138 valence electrons. The second-order valence-corrected chi connectivity index (χ2v) is 5.82. The number of ether oxygens (including phenoxy) is 2. The molecule has 0 aliphatic rings. The molecule has 26 heavy (non-hydrogen) atoms. The number of benzene rings is 2. The molecule has 2 rings (SSSR count). The van der Waals surface area contributed by atoms with Crippen molar-refractivity contribution in [2.24, 2.45) is 0 Å². The summed E-state index contributed by atoms with van der Waals surface area (Å²) in [7, 11) is 3.26. The summed E-state index contributed by atoms with van der Waals surface area (Å²) in [6, 6.07) is 15.5. The van der Waals surface area contributed by atoms with Gasteiger partial charge in [0.2, 0.25) is 5.91 Å². The molecule has 1 atom stereocenters. The van der Waals surface area contributed by atoms with Gasteiger partial charge < -0.3 is 19.7 Å². The van der Waals surface area contributed by atoms with E-state index in [0.29, 0.717) is 30.2 Å². The first-order valence-corrected chi connectivity index (χ1v) is 8.39. The fraction of sp³-hybridized carbons (Fsp3) is 0.300. The van der Waals surface area contributed by atoms with Gasteiger partial charge in [-0.3, -0.25) is 9.59 Å². The van der Waals surface area contributed by atoms with Gasteiger partial charge in [-0.25, -0.2) is 0 Å². The summed E-state index contributed by atoms with van der Waals surface area (Å²) in [5, 5.41) is 2.71. The second kappa shape index (κ2) is 9.46. The zero-order chi connectivity index (χ0) is 18.9. The molecule has 2 aromatic carbocycles. The molecule has 0 saturated carbocycles. The van der Waals surface area contributed by atoms with Crippen LogP contribution in [0.25, 0.3) is 0 Å². The van der Waals surface area contributed by atoms with Crippen molar-refractivity contribution >= 4 is 11.8 Å². The number of nitrogens with one attached hydrogen (secondary N) is 1. The van der Waals surface area contributed by atoms with Gasteiger partial charge in [-0.2, -0.15) is 0 Å². The molecule has 1 N–H and O–H groups in total. The quantitative estimate of drug-likeness (QED) is 0.788. The lowest BCUT2D eigenvalue weighted by molar-refractivity contribution is -0.131. The van der Waals surface area contributed by atoms with Crippen molar-refractivity contribution in [3.8, 4) is 11.5 Å². The Hall–Kier alpha value is -3.02. The van der Waals surface area contributed by atoms with E-state index in [9.17, 15) is 9.59 Å². The zero-order valence-electron chi connectivity index (χ0n) is 15.3. The van der Waals surface area contributed by atoms with Gasteiger partial charge in [-0.1, -0.05) is 30.3 Å². The van der Waals surface area contributed by atoms with Gasteiger partial charge in [0.25, 0.3) is 5.91 Å². The Morgan fingerprint density at radius 2 is 1.65 bits per heavy atom. The van der Waals surface area contributed by atoms with E-state index in [1.165, 1.54) is 4.90 Å². The number of likely N-dealkylation sites (N-methyl/N-ethyl adjacent to an activating group) is 1. The highest BCUT2D eigenvalue weighted by Crippen LogP contribution is 2.25. The van der Waals surface area contributed by atoms with E-state index < -0.39 is 6.04 Å². The Labute approximate surface area is 153 Å². The molecule has 0 heterocycles. The average Bonchev–Trinajstić information content (AvgIpc) is 2.68. The topological polar surface area (TPSA) is 67.9 Å². The molecular weight excluding hydrogens is 332 g/mol. The van der Waals surface area contributed by atoms with Crippen molar-refractivity contribution in [1.82, 2.24) is 10.2 Å². The lowest BCUT2D eigenvalue weighted by Gasteiger charge is -2.22. The van der Waals surface area contributed by atoms with Crippen molar-refractivity contribution in [2.75, 3.05) is 27.3 Å². The molecule has 0 aliphatic heterocycles. The normalized spacial score (nSPS) is 11.3. The minimum Gasteiger partial charge on any atom is -0.493 e. The molecule has 6 nitrogen and oxygen atoms in total. The van der Waals surface area contributed by atoms with Crippen LogP contribution in [0.1, 0.15) is 17.3 Å². The van der Waals surface area contributed by atoms with Crippen molar-refractivity contribution < 1.29 is 19.1 Å². The maximum Gasteiger partial charge on any atom is 0.251 e. The number of amides is 2. The van der Waals surface area contributed by atoms with Crippen LogP contribution in [0.3, 0.4) is 0 Å². The third kappa shape index (κ3) is 5.24. The van der Waals surface area contributed by atoms with Gasteiger partial charge in [0.1, 0.15) is 12.6 Å². The summed E-state index contributed by atoms with van der Waals surface area (Å²) in [5.41, 5.74) is 0.523. The molecule has 0 aromatic heterocycles. The van der Waals surface area contributed by atoms with Crippen molar-refractivity contribution in [2.45, 2.75) is 13.0 Å². The van der Waals surface area contributed by atoms with Crippen LogP contribution in [0.2, 0.25) is 0 Å². The van der Waals surface area contributed by atoms with Crippen LogP contribution in [-0.4, -0.2) is 50.1 Å². The summed E-state index contributed by atoms with van der Waals surface area (Å²) in [6.45, 7) is 2.38. The number of nitrogens with zero attached hydrogens (tertiary/aromatic N) is 1. The van der Waals surface area contributed by atoms with Crippen LogP contribution in [0.5, 0.6) is 11.5 Å². The highest BCUT2D eigenvalue weighted by Gasteiger charge is 2.20. The molecule has 2 amide bonds. The van der Waals surface area contributed by atoms with Crippen molar-refractivity contribution in [1.29, 1.82) is 0 Å². The van der Waals surface area contributed by atoms with E-state index in [1.54, 1.807) is 45.3 Å². The Morgan fingerprint density at radius 3 is 2.31 bits per heavy atom. The van der Waals surface area contributed by atoms with Crippen LogP contribution in [0.4, 0.5) is 0 Å². The number of rotatable bonds is 8. The number of carbonyl (C=O) groups excluding carboxylic acids is 2. The monoisotopic (exact) mass is 356 g/mol. The van der Waals surface area contributed by atoms with Gasteiger partial charge in [-0.05, 0) is 31.2 Å². The molecule has 0 spiro atoms. The summed E-state index contributed by atoms with van der Waals surface area (Å²) in [4.78, 5) is 26.1. The van der Waals surface area contributed by atoms with E-state index in [1.807, 2.05) is 30.3 Å². The standard InChI is InChI=1S/C20H24N2O4/c1-15(21-19(23)16-9-5-4-6-10-16)20(24)22(2)13-14-26-18-12-8-7-11-17(18)25-3/h4-12,15H,13-14H2,1-3H3,(H,21,23).